The minimum Gasteiger partial charge on any atom is -0.493 e. The van der Waals surface area contributed by atoms with Gasteiger partial charge in [-0.15, -0.1) is 10.2 Å². The van der Waals surface area contributed by atoms with E-state index in [0.29, 0.717) is 27.6 Å². The zero-order valence-corrected chi connectivity index (χ0v) is 15.2. The number of benzene rings is 2. The molecule has 0 aliphatic heterocycles. The largest absolute Gasteiger partial charge is 0.493 e. The highest BCUT2D eigenvalue weighted by molar-refractivity contribution is 6.05. The van der Waals surface area contributed by atoms with Crippen molar-refractivity contribution in [3.63, 3.8) is 0 Å². The average molecular weight is 375 g/mol. The summed E-state index contributed by atoms with van der Waals surface area (Å²) in [5, 5.41) is 25.4. The summed E-state index contributed by atoms with van der Waals surface area (Å²) < 4.78 is 0. The Labute approximate surface area is 158 Å². The molecule has 0 aliphatic rings. The molecule has 8 heteroatoms. The summed E-state index contributed by atoms with van der Waals surface area (Å²) in [4.78, 5) is 27.2. The standard InChI is InChI=1S/C20H17N5O3/c1-10(2)11-7-8-15-14(9-11)17(19(27)21-15)23-25-20(28)16-12-5-3-4-6-13(12)18(26)24-22-16/h3-10,21,27H,1-2H3,(H,24,26). The van der Waals surface area contributed by atoms with Crippen LogP contribution in [-0.2, 0) is 0 Å². The van der Waals surface area contributed by atoms with Gasteiger partial charge in [0.1, 0.15) is 0 Å². The van der Waals surface area contributed by atoms with E-state index in [4.69, 9.17) is 0 Å². The van der Waals surface area contributed by atoms with Crippen molar-refractivity contribution in [1.29, 1.82) is 0 Å². The first-order valence-corrected chi connectivity index (χ1v) is 8.74. The number of amides is 1. The van der Waals surface area contributed by atoms with Crippen LogP contribution in [0.4, 0.5) is 5.69 Å². The number of aromatic hydroxyl groups is 1. The van der Waals surface area contributed by atoms with E-state index in [1.165, 1.54) is 0 Å². The number of rotatable bonds is 3. The van der Waals surface area contributed by atoms with Crippen LogP contribution in [0.15, 0.2) is 57.5 Å². The first-order valence-electron chi connectivity index (χ1n) is 8.74. The molecule has 0 spiro atoms. The number of azo groups is 1. The third-order valence-electron chi connectivity index (χ3n) is 4.58. The lowest BCUT2D eigenvalue weighted by Gasteiger charge is -2.04. The van der Waals surface area contributed by atoms with Gasteiger partial charge in [-0.3, -0.25) is 9.59 Å². The molecular formula is C20H17N5O3. The fraction of sp³-hybridized carbons (Fsp3) is 0.150. The summed E-state index contributed by atoms with van der Waals surface area (Å²) in [5.74, 6) is -0.600. The fourth-order valence-electron chi connectivity index (χ4n) is 3.06. The van der Waals surface area contributed by atoms with Gasteiger partial charge in [-0.2, -0.15) is 5.10 Å². The Morgan fingerprint density at radius 1 is 1.11 bits per heavy atom. The molecule has 0 atom stereocenters. The molecule has 28 heavy (non-hydrogen) atoms. The molecule has 2 aromatic carbocycles. The molecule has 0 saturated heterocycles. The highest BCUT2D eigenvalue weighted by Gasteiger charge is 2.16. The number of nitrogens with one attached hydrogen (secondary N) is 2. The van der Waals surface area contributed by atoms with Crippen molar-refractivity contribution in [2.45, 2.75) is 19.8 Å². The van der Waals surface area contributed by atoms with Crippen LogP contribution in [-0.4, -0.2) is 26.2 Å². The molecule has 2 aromatic heterocycles. The molecule has 4 rings (SSSR count). The van der Waals surface area contributed by atoms with Gasteiger partial charge in [0.15, 0.2) is 11.4 Å². The van der Waals surface area contributed by atoms with Gasteiger partial charge >= 0.3 is 5.91 Å². The van der Waals surface area contributed by atoms with E-state index in [1.54, 1.807) is 24.3 Å². The molecule has 0 aliphatic carbocycles. The molecule has 0 fully saturated rings. The second kappa shape index (κ2) is 6.73. The van der Waals surface area contributed by atoms with Crippen LogP contribution >= 0.6 is 0 Å². The smallest absolute Gasteiger partial charge is 0.316 e. The SMILES string of the molecule is CC(C)c1ccc2[nH]c(O)c(N=NC(=O)c3n[nH]c(=O)c4ccccc34)c2c1. The van der Waals surface area contributed by atoms with Gasteiger partial charge in [0.2, 0.25) is 5.88 Å². The highest BCUT2D eigenvalue weighted by atomic mass is 16.3. The van der Waals surface area contributed by atoms with Crippen molar-refractivity contribution in [3.05, 3.63) is 64.1 Å². The maximum Gasteiger partial charge on any atom is 0.316 e. The second-order valence-electron chi connectivity index (χ2n) is 6.73. The molecule has 0 saturated carbocycles. The van der Waals surface area contributed by atoms with Crippen molar-refractivity contribution < 1.29 is 9.90 Å². The first-order chi connectivity index (χ1) is 13.5. The Morgan fingerprint density at radius 2 is 1.86 bits per heavy atom. The average Bonchev–Trinajstić information content (AvgIpc) is 3.00. The summed E-state index contributed by atoms with van der Waals surface area (Å²) in [6.07, 6.45) is 0. The molecule has 3 N–H and O–H groups in total. The third-order valence-corrected chi connectivity index (χ3v) is 4.58. The Bertz CT molecular complexity index is 1300. The number of nitrogens with zero attached hydrogens (tertiary/aromatic N) is 3. The second-order valence-corrected chi connectivity index (χ2v) is 6.73. The lowest BCUT2D eigenvalue weighted by Crippen LogP contribution is -2.13. The number of hydrogen-bond acceptors (Lipinski definition) is 5. The minimum atomic E-state index is -0.721. The molecule has 1 amide bonds. The number of aromatic nitrogens is 3. The molecule has 0 bridgehead atoms. The van der Waals surface area contributed by atoms with Crippen molar-refractivity contribution >= 4 is 33.3 Å². The normalized spacial score (nSPS) is 11.8. The van der Waals surface area contributed by atoms with Crippen molar-refractivity contribution in [1.82, 2.24) is 15.2 Å². The van der Waals surface area contributed by atoms with Gasteiger partial charge in [0, 0.05) is 10.8 Å². The van der Waals surface area contributed by atoms with E-state index in [-0.39, 0.29) is 22.8 Å². The van der Waals surface area contributed by atoms with Crippen LogP contribution in [0.5, 0.6) is 5.88 Å². The number of H-pyrrole nitrogens is 2. The van der Waals surface area contributed by atoms with Gasteiger partial charge in [0.05, 0.1) is 10.9 Å². The summed E-state index contributed by atoms with van der Waals surface area (Å²) >= 11 is 0. The molecule has 0 unspecified atom stereocenters. The van der Waals surface area contributed by atoms with Crippen LogP contribution in [0, 0.1) is 0 Å². The first kappa shape index (κ1) is 17.6. The Hall–Kier alpha value is -3.81. The molecule has 0 radical (unpaired) electrons. The van der Waals surface area contributed by atoms with Crippen LogP contribution in [0.1, 0.15) is 35.8 Å². The summed E-state index contributed by atoms with van der Waals surface area (Å²) in [6.45, 7) is 4.12. The Morgan fingerprint density at radius 3 is 2.61 bits per heavy atom. The monoisotopic (exact) mass is 375 g/mol. The zero-order chi connectivity index (χ0) is 19.8. The molecule has 2 heterocycles. The quantitative estimate of drug-likeness (QED) is 0.465. The summed E-state index contributed by atoms with van der Waals surface area (Å²) in [6, 6.07) is 12.3. The van der Waals surface area contributed by atoms with Crippen molar-refractivity contribution in [2.24, 2.45) is 10.2 Å². The number of hydrogen-bond donors (Lipinski definition) is 3. The molecule has 4 aromatic rings. The van der Waals surface area contributed by atoms with E-state index in [9.17, 15) is 14.7 Å². The molecule has 140 valence electrons. The van der Waals surface area contributed by atoms with Gasteiger partial charge in [-0.25, -0.2) is 5.10 Å². The van der Waals surface area contributed by atoms with E-state index in [2.05, 4.69) is 39.3 Å². The fourth-order valence-corrected chi connectivity index (χ4v) is 3.06. The molecule has 8 nitrogen and oxygen atoms in total. The van der Waals surface area contributed by atoms with Gasteiger partial charge in [-0.1, -0.05) is 38.1 Å². The van der Waals surface area contributed by atoms with Crippen molar-refractivity contribution in [3.8, 4) is 5.88 Å². The summed E-state index contributed by atoms with van der Waals surface area (Å²) in [5.41, 5.74) is 1.54. The van der Waals surface area contributed by atoms with E-state index < -0.39 is 5.91 Å². The van der Waals surface area contributed by atoms with Crippen LogP contribution in [0.3, 0.4) is 0 Å². The predicted molar refractivity (Wildman–Crippen MR) is 105 cm³/mol. The van der Waals surface area contributed by atoms with E-state index in [0.717, 1.165) is 5.56 Å². The topological polar surface area (TPSA) is 124 Å². The van der Waals surface area contributed by atoms with Gasteiger partial charge < -0.3 is 10.1 Å². The van der Waals surface area contributed by atoms with E-state index in [1.807, 2.05) is 18.2 Å². The number of fused-ring (bicyclic) bond motifs is 2. The third kappa shape index (κ3) is 2.94. The molecular weight excluding hydrogens is 358 g/mol. The van der Waals surface area contributed by atoms with Crippen LogP contribution in [0.25, 0.3) is 21.7 Å². The Balaban J connectivity index is 1.77. The van der Waals surface area contributed by atoms with Crippen molar-refractivity contribution in [2.75, 3.05) is 0 Å². The number of carbonyl (C=O) groups is 1. The lowest BCUT2D eigenvalue weighted by atomic mass is 10.0. The van der Waals surface area contributed by atoms with Crippen LogP contribution in [0.2, 0.25) is 0 Å². The lowest BCUT2D eigenvalue weighted by molar-refractivity contribution is 0.0991. The van der Waals surface area contributed by atoms with Gasteiger partial charge in [-0.05, 0) is 29.7 Å². The minimum absolute atomic E-state index is 0.0128. The number of aromatic amines is 2. The van der Waals surface area contributed by atoms with Crippen LogP contribution < -0.4 is 5.56 Å². The van der Waals surface area contributed by atoms with E-state index >= 15 is 0 Å². The zero-order valence-electron chi connectivity index (χ0n) is 15.2. The predicted octanol–water partition coefficient (Wildman–Crippen LogP) is 4.16. The Kier molecular flexibility index (Phi) is 4.23. The maximum absolute atomic E-state index is 12.6. The maximum atomic E-state index is 12.6. The summed E-state index contributed by atoms with van der Waals surface area (Å²) in [7, 11) is 0. The van der Waals surface area contributed by atoms with Gasteiger partial charge in [0.25, 0.3) is 5.56 Å². The highest BCUT2D eigenvalue weighted by Crippen LogP contribution is 2.37. The number of carbonyl (C=O) groups excluding carboxylic acids is 1.